The van der Waals surface area contributed by atoms with Gasteiger partial charge in [0, 0.05) is 18.9 Å². The SMILES string of the molecule is C=C(C)Nc1cn(C)c(C(N)=O)n1. The van der Waals surface area contributed by atoms with E-state index in [4.69, 9.17) is 5.73 Å². The maximum Gasteiger partial charge on any atom is 0.284 e. The molecule has 70 valence electrons. The van der Waals surface area contributed by atoms with E-state index in [0.29, 0.717) is 5.82 Å². The van der Waals surface area contributed by atoms with Gasteiger partial charge in [0.1, 0.15) is 5.82 Å². The molecule has 1 amide bonds. The molecule has 0 atom stereocenters. The average Bonchev–Trinajstić information content (AvgIpc) is 2.29. The lowest BCUT2D eigenvalue weighted by Crippen LogP contribution is -2.16. The van der Waals surface area contributed by atoms with E-state index in [1.807, 2.05) is 0 Å². The lowest BCUT2D eigenvalue weighted by molar-refractivity contribution is 0.0987. The molecule has 0 unspecified atom stereocenters. The van der Waals surface area contributed by atoms with Crippen molar-refractivity contribution in [3.8, 4) is 0 Å². The molecule has 13 heavy (non-hydrogen) atoms. The summed E-state index contributed by atoms with van der Waals surface area (Å²) >= 11 is 0. The summed E-state index contributed by atoms with van der Waals surface area (Å²) in [5.74, 6) is 0.254. The number of primary amides is 1. The molecule has 0 aliphatic heterocycles. The summed E-state index contributed by atoms with van der Waals surface area (Å²) in [6, 6.07) is 0. The zero-order valence-electron chi connectivity index (χ0n) is 7.66. The highest BCUT2D eigenvalue weighted by Crippen LogP contribution is 2.07. The predicted octanol–water partition coefficient (Wildman–Crippen LogP) is 0.464. The first-order valence-electron chi connectivity index (χ1n) is 3.76. The van der Waals surface area contributed by atoms with Crippen LogP contribution in [0.5, 0.6) is 0 Å². The van der Waals surface area contributed by atoms with Gasteiger partial charge in [0.15, 0.2) is 0 Å². The number of nitrogens with one attached hydrogen (secondary N) is 1. The lowest BCUT2D eigenvalue weighted by atomic mass is 10.5. The molecule has 1 rings (SSSR count). The monoisotopic (exact) mass is 180 g/mol. The molecular formula is C8H12N4O. The van der Waals surface area contributed by atoms with E-state index in [9.17, 15) is 4.79 Å². The number of aromatic nitrogens is 2. The van der Waals surface area contributed by atoms with Gasteiger partial charge in [-0.3, -0.25) is 4.79 Å². The molecule has 0 saturated carbocycles. The molecule has 5 heteroatoms. The van der Waals surface area contributed by atoms with Crippen LogP contribution in [0.4, 0.5) is 5.82 Å². The van der Waals surface area contributed by atoms with E-state index in [2.05, 4.69) is 16.9 Å². The minimum absolute atomic E-state index is 0.226. The van der Waals surface area contributed by atoms with Crippen LogP contribution in [0.25, 0.3) is 0 Å². The molecule has 0 fully saturated rings. The third kappa shape index (κ3) is 2.08. The third-order valence-corrected chi connectivity index (χ3v) is 1.44. The van der Waals surface area contributed by atoms with E-state index in [1.165, 1.54) is 0 Å². The molecule has 0 aliphatic rings. The van der Waals surface area contributed by atoms with Crippen LogP contribution in [0.3, 0.4) is 0 Å². The highest BCUT2D eigenvalue weighted by molar-refractivity contribution is 5.89. The largest absolute Gasteiger partial charge is 0.363 e. The van der Waals surface area contributed by atoms with E-state index in [1.54, 1.807) is 24.7 Å². The van der Waals surface area contributed by atoms with Crippen LogP contribution in [0.1, 0.15) is 17.5 Å². The number of carbonyl (C=O) groups is 1. The van der Waals surface area contributed by atoms with Crippen LogP contribution in [-0.2, 0) is 7.05 Å². The van der Waals surface area contributed by atoms with Gasteiger partial charge in [0.05, 0.1) is 0 Å². The summed E-state index contributed by atoms with van der Waals surface area (Å²) in [6.45, 7) is 5.46. The Bertz CT molecular complexity index is 353. The van der Waals surface area contributed by atoms with E-state index >= 15 is 0 Å². The number of amides is 1. The molecule has 5 nitrogen and oxygen atoms in total. The number of imidazole rings is 1. The molecule has 3 N–H and O–H groups in total. The van der Waals surface area contributed by atoms with Crippen molar-refractivity contribution in [2.75, 3.05) is 5.32 Å². The van der Waals surface area contributed by atoms with Crippen molar-refractivity contribution < 1.29 is 4.79 Å². The molecule has 0 bridgehead atoms. The van der Waals surface area contributed by atoms with Gasteiger partial charge in [-0.05, 0) is 6.92 Å². The molecule has 0 saturated heterocycles. The Kier molecular flexibility index (Phi) is 2.36. The number of nitrogens with two attached hydrogens (primary N) is 1. The van der Waals surface area contributed by atoms with Crippen LogP contribution in [-0.4, -0.2) is 15.5 Å². The molecule has 1 aromatic heterocycles. The van der Waals surface area contributed by atoms with Crippen molar-refractivity contribution in [1.29, 1.82) is 0 Å². The molecule has 0 aliphatic carbocycles. The predicted molar refractivity (Wildman–Crippen MR) is 50.2 cm³/mol. The average molecular weight is 180 g/mol. The van der Waals surface area contributed by atoms with Crippen molar-refractivity contribution in [2.24, 2.45) is 12.8 Å². The van der Waals surface area contributed by atoms with Crippen LogP contribution in [0.2, 0.25) is 0 Å². The molecule has 0 spiro atoms. The second-order valence-corrected chi connectivity index (χ2v) is 2.83. The Hall–Kier alpha value is -1.78. The third-order valence-electron chi connectivity index (χ3n) is 1.44. The topological polar surface area (TPSA) is 72.9 Å². The van der Waals surface area contributed by atoms with Gasteiger partial charge >= 0.3 is 0 Å². The van der Waals surface area contributed by atoms with Gasteiger partial charge in [-0.2, -0.15) is 0 Å². The second kappa shape index (κ2) is 3.30. The van der Waals surface area contributed by atoms with Gasteiger partial charge in [-0.25, -0.2) is 4.98 Å². The van der Waals surface area contributed by atoms with Crippen LogP contribution in [0, 0.1) is 0 Å². The Balaban J connectivity index is 2.95. The quantitative estimate of drug-likeness (QED) is 0.709. The van der Waals surface area contributed by atoms with E-state index < -0.39 is 5.91 Å². The van der Waals surface area contributed by atoms with Gasteiger partial charge in [0.2, 0.25) is 5.82 Å². The Labute approximate surface area is 76.3 Å². The van der Waals surface area contributed by atoms with Gasteiger partial charge in [-0.1, -0.05) is 6.58 Å². The summed E-state index contributed by atoms with van der Waals surface area (Å²) < 4.78 is 1.56. The number of anilines is 1. The molecular weight excluding hydrogens is 168 g/mol. The molecule has 0 aromatic carbocycles. The fourth-order valence-electron chi connectivity index (χ4n) is 0.974. The van der Waals surface area contributed by atoms with Gasteiger partial charge in [-0.15, -0.1) is 0 Å². The van der Waals surface area contributed by atoms with Crippen LogP contribution >= 0.6 is 0 Å². The van der Waals surface area contributed by atoms with Crippen LogP contribution in [0.15, 0.2) is 18.5 Å². The number of nitrogens with zero attached hydrogens (tertiary/aromatic N) is 2. The zero-order chi connectivity index (χ0) is 10.0. The Morgan fingerprint density at radius 2 is 2.38 bits per heavy atom. The Morgan fingerprint density at radius 3 is 2.77 bits per heavy atom. The zero-order valence-corrected chi connectivity index (χ0v) is 7.66. The second-order valence-electron chi connectivity index (χ2n) is 2.83. The maximum atomic E-state index is 10.8. The lowest BCUT2D eigenvalue weighted by Gasteiger charge is -1.97. The van der Waals surface area contributed by atoms with Gasteiger partial charge < -0.3 is 15.6 Å². The maximum absolute atomic E-state index is 10.8. The van der Waals surface area contributed by atoms with Crippen molar-refractivity contribution in [3.63, 3.8) is 0 Å². The fourth-order valence-corrected chi connectivity index (χ4v) is 0.974. The minimum atomic E-state index is -0.544. The first-order valence-corrected chi connectivity index (χ1v) is 3.76. The summed E-state index contributed by atoms with van der Waals surface area (Å²) in [5.41, 5.74) is 5.84. The van der Waals surface area contributed by atoms with Crippen molar-refractivity contribution >= 4 is 11.7 Å². The van der Waals surface area contributed by atoms with Crippen molar-refractivity contribution in [3.05, 3.63) is 24.3 Å². The first kappa shape index (κ1) is 9.31. The smallest absolute Gasteiger partial charge is 0.284 e. The van der Waals surface area contributed by atoms with E-state index in [0.717, 1.165) is 5.70 Å². The highest BCUT2D eigenvalue weighted by Gasteiger charge is 2.09. The number of carbonyl (C=O) groups excluding carboxylic acids is 1. The van der Waals surface area contributed by atoms with Crippen LogP contribution < -0.4 is 11.1 Å². The highest BCUT2D eigenvalue weighted by atomic mass is 16.1. The minimum Gasteiger partial charge on any atom is -0.363 e. The van der Waals surface area contributed by atoms with Gasteiger partial charge in [0.25, 0.3) is 5.91 Å². The van der Waals surface area contributed by atoms with Crippen molar-refractivity contribution in [1.82, 2.24) is 9.55 Å². The van der Waals surface area contributed by atoms with E-state index in [-0.39, 0.29) is 5.82 Å². The molecule has 1 aromatic rings. The summed E-state index contributed by atoms with van der Waals surface area (Å²) in [6.07, 6.45) is 1.68. The fraction of sp³-hybridized carbons (Fsp3) is 0.250. The standard InChI is InChI=1S/C8H12N4O/c1-5(2)10-6-4-12(3)8(11-6)7(9)13/h4,10H,1H2,2-3H3,(H2,9,13). The number of hydrogen-bond donors (Lipinski definition) is 2. The summed E-state index contributed by atoms with van der Waals surface area (Å²) in [4.78, 5) is 14.8. The number of aryl methyl sites for hydroxylation is 1. The molecule has 0 radical (unpaired) electrons. The normalized spacial score (nSPS) is 9.69. The summed E-state index contributed by atoms with van der Waals surface area (Å²) in [7, 11) is 1.71. The van der Waals surface area contributed by atoms with Crippen molar-refractivity contribution in [2.45, 2.75) is 6.92 Å². The molecule has 1 heterocycles. The number of allylic oxidation sites excluding steroid dienone is 1. The first-order chi connectivity index (χ1) is 6.00. The Morgan fingerprint density at radius 1 is 1.77 bits per heavy atom. The number of hydrogen-bond acceptors (Lipinski definition) is 3. The number of rotatable bonds is 3. The summed E-state index contributed by atoms with van der Waals surface area (Å²) in [5, 5.41) is 2.89.